The molecule has 0 saturated heterocycles. The van der Waals surface area contributed by atoms with Gasteiger partial charge in [-0.05, 0) is 55.8 Å². The zero-order chi connectivity index (χ0) is 27.4. The molecule has 0 unspecified atom stereocenters. The van der Waals surface area contributed by atoms with Gasteiger partial charge in [0.05, 0.1) is 11.8 Å². The summed E-state index contributed by atoms with van der Waals surface area (Å²) >= 11 is 0. The molecule has 2 aliphatic rings. The molecule has 0 atom stereocenters. The lowest BCUT2D eigenvalue weighted by molar-refractivity contribution is -0.114. The van der Waals surface area contributed by atoms with Crippen LogP contribution in [-0.4, -0.2) is 53.3 Å². The third kappa shape index (κ3) is 5.70. The van der Waals surface area contributed by atoms with Crippen molar-refractivity contribution in [2.75, 3.05) is 13.1 Å². The van der Waals surface area contributed by atoms with E-state index in [1.807, 2.05) is 13.8 Å². The van der Waals surface area contributed by atoms with Crippen molar-refractivity contribution in [1.82, 2.24) is 10.6 Å². The molecule has 1 aliphatic carbocycles. The third-order valence-electron chi connectivity index (χ3n) is 5.66. The fraction of sp³-hybridized carbons (Fsp3) is 0.179. The van der Waals surface area contributed by atoms with Crippen molar-refractivity contribution < 1.29 is 29.0 Å². The number of hydrogen-bond donors (Lipinski definition) is 4. The number of benzene rings is 3. The van der Waals surface area contributed by atoms with Crippen molar-refractivity contribution in [3.05, 3.63) is 75.9 Å². The monoisotopic (exact) mass is 515 g/mol. The van der Waals surface area contributed by atoms with Crippen LogP contribution in [0, 0.1) is 0 Å². The number of carbonyl (C=O) groups excluding carboxylic acids is 2. The van der Waals surface area contributed by atoms with Crippen LogP contribution in [0.4, 0.5) is 0 Å². The first-order chi connectivity index (χ1) is 18.1. The SMILES string of the molecule is CC(C)N=CC(=O)NCCNC(=O)c1ccc(-c2c3ccc(=O)cc-3oc3cc(O)ccc23)c(C(=O)O)c1. The Bertz CT molecular complexity index is 1600. The van der Waals surface area contributed by atoms with Crippen LogP contribution in [0.2, 0.25) is 0 Å². The van der Waals surface area contributed by atoms with Crippen molar-refractivity contribution in [3.8, 4) is 28.2 Å². The summed E-state index contributed by atoms with van der Waals surface area (Å²) in [5, 5.41) is 25.7. The number of aromatic carboxylic acids is 1. The molecule has 1 heterocycles. The molecule has 0 spiro atoms. The number of carboxylic acid groups (broad SMARTS) is 1. The van der Waals surface area contributed by atoms with Crippen LogP contribution in [0.5, 0.6) is 5.75 Å². The number of nitrogens with one attached hydrogen (secondary N) is 2. The van der Waals surface area contributed by atoms with Gasteiger partial charge in [0.1, 0.15) is 17.1 Å². The first kappa shape index (κ1) is 26.1. The number of fused-ring (bicyclic) bond motifs is 2. The maximum absolute atomic E-state index is 12.7. The largest absolute Gasteiger partial charge is 0.508 e. The molecule has 2 aromatic rings. The van der Waals surface area contributed by atoms with Gasteiger partial charge in [-0.1, -0.05) is 6.07 Å². The standard InChI is InChI=1S/C28H25N3O7/c1-15(2)31-14-25(34)29-9-10-30-27(35)16-3-6-19(22(11-16)28(36)37)26-20-7-4-17(32)12-23(20)38-24-13-18(33)5-8-21(24)26/h3-8,11-15,32H,9-10H2,1-2H3,(H,29,34)(H,30,35)(H,36,37). The predicted octanol–water partition coefficient (Wildman–Crippen LogP) is 3.29. The molecule has 10 heteroatoms. The molecule has 1 aliphatic heterocycles. The molecule has 0 aromatic heterocycles. The molecule has 2 aromatic carbocycles. The highest BCUT2D eigenvalue weighted by atomic mass is 16.4. The molecule has 4 rings (SSSR count). The fourth-order valence-corrected chi connectivity index (χ4v) is 3.96. The molecule has 0 fully saturated rings. The van der Waals surface area contributed by atoms with Crippen molar-refractivity contribution >= 4 is 35.0 Å². The van der Waals surface area contributed by atoms with Crippen molar-refractivity contribution in [2.45, 2.75) is 19.9 Å². The van der Waals surface area contributed by atoms with E-state index in [0.29, 0.717) is 22.1 Å². The van der Waals surface area contributed by atoms with Crippen LogP contribution in [0.25, 0.3) is 33.4 Å². The molecule has 4 N–H and O–H groups in total. The van der Waals surface area contributed by atoms with Gasteiger partial charge in [-0.25, -0.2) is 4.79 Å². The lowest BCUT2D eigenvalue weighted by Gasteiger charge is -2.17. The Hall–Kier alpha value is -4.99. The zero-order valence-electron chi connectivity index (χ0n) is 20.6. The Labute approximate surface area is 217 Å². The second-order valence-corrected chi connectivity index (χ2v) is 8.80. The average molecular weight is 516 g/mol. The minimum Gasteiger partial charge on any atom is -0.508 e. The van der Waals surface area contributed by atoms with Gasteiger partial charge in [-0.3, -0.25) is 19.4 Å². The number of amides is 2. The zero-order valence-corrected chi connectivity index (χ0v) is 20.6. The first-order valence-electron chi connectivity index (χ1n) is 11.8. The molecule has 38 heavy (non-hydrogen) atoms. The summed E-state index contributed by atoms with van der Waals surface area (Å²) in [6.07, 6.45) is 1.19. The van der Waals surface area contributed by atoms with Gasteiger partial charge in [0.25, 0.3) is 11.8 Å². The minimum absolute atomic E-state index is 0.00979. The van der Waals surface area contributed by atoms with E-state index < -0.39 is 11.9 Å². The highest BCUT2D eigenvalue weighted by Crippen LogP contribution is 2.42. The summed E-state index contributed by atoms with van der Waals surface area (Å²) < 4.78 is 5.82. The van der Waals surface area contributed by atoms with E-state index in [4.69, 9.17) is 4.42 Å². The van der Waals surface area contributed by atoms with E-state index in [-0.39, 0.29) is 58.7 Å². The van der Waals surface area contributed by atoms with E-state index in [0.717, 1.165) is 0 Å². The Kier molecular flexibility index (Phi) is 7.52. The number of nitrogens with zero attached hydrogens (tertiary/aromatic N) is 1. The molecular weight excluding hydrogens is 490 g/mol. The summed E-state index contributed by atoms with van der Waals surface area (Å²) in [4.78, 5) is 52.6. The molecule has 194 valence electrons. The predicted molar refractivity (Wildman–Crippen MR) is 142 cm³/mol. The quantitative estimate of drug-likeness (QED) is 0.159. The molecule has 0 radical (unpaired) electrons. The molecule has 10 nitrogen and oxygen atoms in total. The topological polar surface area (TPSA) is 158 Å². The van der Waals surface area contributed by atoms with Gasteiger partial charge in [-0.2, -0.15) is 0 Å². The molecular formula is C28H25N3O7. The molecule has 0 saturated carbocycles. The Morgan fingerprint density at radius 1 is 0.974 bits per heavy atom. The molecule has 0 bridgehead atoms. The van der Waals surface area contributed by atoms with Crippen LogP contribution in [-0.2, 0) is 4.79 Å². The fourth-order valence-electron chi connectivity index (χ4n) is 3.96. The van der Waals surface area contributed by atoms with Crippen molar-refractivity contribution in [2.24, 2.45) is 4.99 Å². The van der Waals surface area contributed by atoms with Gasteiger partial charge in [-0.15, -0.1) is 0 Å². The van der Waals surface area contributed by atoms with E-state index in [1.54, 1.807) is 12.1 Å². The third-order valence-corrected chi connectivity index (χ3v) is 5.66. The second kappa shape index (κ2) is 11.0. The van der Waals surface area contributed by atoms with Crippen molar-refractivity contribution in [1.29, 1.82) is 0 Å². The number of phenols is 1. The number of carboxylic acids is 1. The van der Waals surface area contributed by atoms with Crippen LogP contribution >= 0.6 is 0 Å². The summed E-state index contributed by atoms with van der Waals surface area (Å²) in [5.41, 5.74) is 1.24. The summed E-state index contributed by atoms with van der Waals surface area (Å²) in [6.45, 7) is 3.97. The first-order valence-corrected chi connectivity index (χ1v) is 11.8. The van der Waals surface area contributed by atoms with Crippen LogP contribution in [0.15, 0.2) is 68.8 Å². The van der Waals surface area contributed by atoms with Gasteiger partial charge in [0.15, 0.2) is 5.43 Å². The average Bonchev–Trinajstić information content (AvgIpc) is 2.87. The number of phenolic OH excluding ortho intramolecular Hbond substituents is 1. The number of aliphatic imine (C=N–C) groups is 1. The highest BCUT2D eigenvalue weighted by Gasteiger charge is 2.23. The Morgan fingerprint density at radius 2 is 1.71 bits per heavy atom. The van der Waals surface area contributed by atoms with E-state index >= 15 is 0 Å². The maximum atomic E-state index is 12.7. The Morgan fingerprint density at radius 3 is 2.45 bits per heavy atom. The lowest BCUT2D eigenvalue weighted by Crippen LogP contribution is -2.35. The number of carbonyl (C=O) groups is 3. The van der Waals surface area contributed by atoms with Crippen LogP contribution < -0.4 is 16.1 Å². The molecule has 2 amide bonds. The smallest absolute Gasteiger partial charge is 0.336 e. The number of hydrogen-bond acceptors (Lipinski definition) is 7. The van der Waals surface area contributed by atoms with E-state index in [1.165, 1.54) is 48.7 Å². The van der Waals surface area contributed by atoms with Gasteiger partial charge in [0.2, 0.25) is 0 Å². The number of rotatable bonds is 8. The summed E-state index contributed by atoms with van der Waals surface area (Å²) in [5.74, 6) is -1.98. The maximum Gasteiger partial charge on any atom is 0.336 e. The van der Waals surface area contributed by atoms with Crippen LogP contribution in [0.3, 0.4) is 0 Å². The lowest BCUT2D eigenvalue weighted by atomic mass is 9.90. The highest BCUT2D eigenvalue weighted by molar-refractivity contribution is 6.26. The van der Waals surface area contributed by atoms with Crippen LogP contribution in [0.1, 0.15) is 34.6 Å². The normalized spacial score (nSPS) is 11.3. The van der Waals surface area contributed by atoms with E-state index in [2.05, 4.69) is 15.6 Å². The number of aromatic hydroxyl groups is 1. The van der Waals surface area contributed by atoms with Crippen molar-refractivity contribution in [3.63, 3.8) is 0 Å². The second-order valence-electron chi connectivity index (χ2n) is 8.80. The van der Waals surface area contributed by atoms with Gasteiger partial charge < -0.3 is 25.3 Å². The minimum atomic E-state index is -1.26. The summed E-state index contributed by atoms with van der Waals surface area (Å²) in [6, 6.07) is 12.9. The van der Waals surface area contributed by atoms with Gasteiger partial charge >= 0.3 is 5.97 Å². The summed E-state index contributed by atoms with van der Waals surface area (Å²) in [7, 11) is 0. The van der Waals surface area contributed by atoms with E-state index in [9.17, 15) is 29.4 Å². The Balaban J connectivity index is 1.66. The van der Waals surface area contributed by atoms with Gasteiger partial charge in [0, 0.05) is 53.3 Å².